The van der Waals surface area contributed by atoms with Gasteiger partial charge in [-0.25, -0.2) is 5.43 Å². The Morgan fingerprint density at radius 1 is 1.18 bits per heavy atom. The van der Waals surface area contributed by atoms with Gasteiger partial charge in [-0.05, 0) is 36.6 Å². The Hall–Kier alpha value is -3.02. The van der Waals surface area contributed by atoms with Crippen molar-refractivity contribution < 1.29 is 9.72 Å². The van der Waals surface area contributed by atoms with Gasteiger partial charge in [-0.1, -0.05) is 30.3 Å². The smallest absolute Gasteiger partial charge is 0.267 e. The highest BCUT2D eigenvalue weighted by Crippen LogP contribution is 2.17. The van der Waals surface area contributed by atoms with Crippen LogP contribution in [0.5, 0.6) is 0 Å². The number of nitro benzene ring substituents is 1. The number of hydrogen-bond acceptors (Lipinski definition) is 4. The van der Waals surface area contributed by atoms with Gasteiger partial charge in [0.25, 0.3) is 11.6 Å². The molecule has 0 aromatic heterocycles. The van der Waals surface area contributed by atoms with Gasteiger partial charge in [0.1, 0.15) is 5.56 Å². The number of para-hydroxylation sites is 1. The Labute approximate surface area is 127 Å². The van der Waals surface area contributed by atoms with E-state index in [9.17, 15) is 14.9 Å². The van der Waals surface area contributed by atoms with Crippen LogP contribution in [0, 0.1) is 24.0 Å². The van der Waals surface area contributed by atoms with Crippen molar-refractivity contribution in [2.24, 2.45) is 5.10 Å². The molecule has 0 saturated carbocycles. The molecule has 0 unspecified atom stereocenters. The average molecular weight is 297 g/mol. The van der Waals surface area contributed by atoms with Crippen molar-refractivity contribution in [2.45, 2.75) is 13.8 Å². The first-order chi connectivity index (χ1) is 10.5. The average Bonchev–Trinajstić information content (AvgIpc) is 2.50. The minimum absolute atomic E-state index is 0.0234. The van der Waals surface area contributed by atoms with Gasteiger partial charge in [-0.15, -0.1) is 0 Å². The first-order valence-electron chi connectivity index (χ1n) is 6.63. The fourth-order valence-electron chi connectivity index (χ4n) is 1.90. The van der Waals surface area contributed by atoms with Gasteiger partial charge in [0.05, 0.1) is 11.1 Å². The van der Waals surface area contributed by atoms with Crippen LogP contribution in [-0.4, -0.2) is 17.0 Å². The van der Waals surface area contributed by atoms with Crippen molar-refractivity contribution in [3.63, 3.8) is 0 Å². The van der Waals surface area contributed by atoms with Gasteiger partial charge >= 0.3 is 0 Å². The second-order valence-corrected chi connectivity index (χ2v) is 4.82. The fourth-order valence-corrected chi connectivity index (χ4v) is 1.90. The fraction of sp³-hybridized carbons (Fsp3) is 0.125. The number of aryl methyl sites for hydroxylation is 2. The number of nitrogens with zero attached hydrogens (tertiary/aromatic N) is 2. The molecule has 0 bridgehead atoms. The number of hydrogen-bond donors (Lipinski definition) is 1. The lowest BCUT2D eigenvalue weighted by atomic mass is 10.1. The molecule has 0 saturated heterocycles. The van der Waals surface area contributed by atoms with Crippen LogP contribution in [0.4, 0.5) is 5.69 Å². The summed E-state index contributed by atoms with van der Waals surface area (Å²) >= 11 is 0. The quantitative estimate of drug-likeness (QED) is 0.535. The second kappa shape index (κ2) is 6.62. The Morgan fingerprint density at radius 3 is 2.59 bits per heavy atom. The molecular formula is C16H15N3O3. The van der Waals surface area contributed by atoms with Crippen LogP contribution in [-0.2, 0) is 0 Å². The molecule has 0 radical (unpaired) electrons. The Morgan fingerprint density at radius 2 is 1.91 bits per heavy atom. The molecule has 6 heteroatoms. The molecule has 0 aliphatic heterocycles. The van der Waals surface area contributed by atoms with Gasteiger partial charge in [0.2, 0.25) is 0 Å². The molecule has 2 aromatic carbocycles. The van der Waals surface area contributed by atoms with E-state index in [1.807, 2.05) is 32.0 Å². The third kappa shape index (κ3) is 3.54. The maximum absolute atomic E-state index is 12.0. The zero-order valence-electron chi connectivity index (χ0n) is 12.2. The van der Waals surface area contributed by atoms with E-state index >= 15 is 0 Å². The summed E-state index contributed by atoms with van der Waals surface area (Å²) in [7, 11) is 0. The maximum atomic E-state index is 12.0. The van der Waals surface area contributed by atoms with Crippen molar-refractivity contribution in [1.29, 1.82) is 0 Å². The number of carbonyl (C=O) groups excluding carboxylic acids is 1. The molecule has 2 aromatic rings. The molecular weight excluding hydrogens is 282 g/mol. The molecule has 0 aliphatic carbocycles. The standard InChI is InChI=1S/C16H15N3O3/c1-11-7-8-13(9-12(11)2)10-17-18-16(20)14-5-3-4-6-15(14)19(21)22/h3-10H,1-2H3,(H,18,20)/b17-10-. The Kier molecular flexibility index (Phi) is 4.63. The first kappa shape index (κ1) is 15.4. The predicted molar refractivity (Wildman–Crippen MR) is 84.1 cm³/mol. The van der Waals surface area contributed by atoms with Crippen LogP contribution >= 0.6 is 0 Å². The van der Waals surface area contributed by atoms with E-state index in [2.05, 4.69) is 10.5 Å². The Bertz CT molecular complexity index is 754. The van der Waals surface area contributed by atoms with E-state index < -0.39 is 10.8 Å². The molecule has 0 fully saturated rings. The minimum atomic E-state index is -0.618. The number of rotatable bonds is 4. The van der Waals surface area contributed by atoms with Gasteiger partial charge in [-0.2, -0.15) is 5.10 Å². The largest absolute Gasteiger partial charge is 0.282 e. The lowest BCUT2D eigenvalue weighted by Crippen LogP contribution is -2.18. The number of amides is 1. The SMILES string of the molecule is Cc1ccc(/C=N\NC(=O)c2ccccc2[N+](=O)[O-])cc1C. The summed E-state index contributed by atoms with van der Waals surface area (Å²) in [4.78, 5) is 22.2. The molecule has 0 aliphatic rings. The van der Waals surface area contributed by atoms with E-state index in [1.165, 1.54) is 30.0 Å². The molecule has 6 nitrogen and oxygen atoms in total. The summed E-state index contributed by atoms with van der Waals surface area (Å²) in [5, 5.41) is 14.7. The molecule has 0 spiro atoms. The van der Waals surface area contributed by atoms with Crippen LogP contribution in [0.3, 0.4) is 0 Å². The molecule has 0 atom stereocenters. The molecule has 1 amide bonds. The number of benzene rings is 2. The molecule has 112 valence electrons. The van der Waals surface area contributed by atoms with E-state index in [0.717, 1.165) is 11.1 Å². The lowest BCUT2D eigenvalue weighted by Gasteiger charge is -2.02. The lowest BCUT2D eigenvalue weighted by molar-refractivity contribution is -0.385. The van der Waals surface area contributed by atoms with Crippen LogP contribution < -0.4 is 5.43 Å². The molecule has 1 N–H and O–H groups in total. The normalized spacial score (nSPS) is 10.6. The Balaban J connectivity index is 2.11. The minimum Gasteiger partial charge on any atom is -0.267 e. The van der Waals surface area contributed by atoms with Gasteiger partial charge in [-0.3, -0.25) is 14.9 Å². The third-order valence-corrected chi connectivity index (χ3v) is 3.26. The summed E-state index contributed by atoms with van der Waals surface area (Å²) in [6, 6.07) is 11.5. The van der Waals surface area contributed by atoms with Crippen molar-refractivity contribution in [2.75, 3.05) is 0 Å². The van der Waals surface area contributed by atoms with Crippen molar-refractivity contribution in [3.05, 3.63) is 74.8 Å². The first-order valence-corrected chi connectivity index (χ1v) is 6.63. The van der Waals surface area contributed by atoms with Crippen LogP contribution in [0.2, 0.25) is 0 Å². The third-order valence-electron chi connectivity index (χ3n) is 3.26. The highest BCUT2D eigenvalue weighted by Gasteiger charge is 2.18. The number of nitro groups is 1. The van der Waals surface area contributed by atoms with Gasteiger partial charge < -0.3 is 0 Å². The summed E-state index contributed by atoms with van der Waals surface area (Å²) < 4.78 is 0. The zero-order valence-corrected chi connectivity index (χ0v) is 12.2. The number of carbonyl (C=O) groups is 1. The van der Waals surface area contributed by atoms with Crippen LogP contribution in [0.1, 0.15) is 27.0 Å². The topological polar surface area (TPSA) is 84.6 Å². The maximum Gasteiger partial charge on any atom is 0.282 e. The highest BCUT2D eigenvalue weighted by atomic mass is 16.6. The highest BCUT2D eigenvalue weighted by molar-refractivity contribution is 5.98. The summed E-state index contributed by atoms with van der Waals surface area (Å²) in [5.41, 5.74) is 5.16. The molecule has 22 heavy (non-hydrogen) atoms. The van der Waals surface area contributed by atoms with Crippen molar-refractivity contribution in [1.82, 2.24) is 5.43 Å². The molecule has 2 rings (SSSR count). The number of nitrogens with one attached hydrogen (secondary N) is 1. The van der Waals surface area contributed by atoms with Gasteiger partial charge in [0, 0.05) is 6.07 Å². The zero-order chi connectivity index (χ0) is 16.1. The number of hydrazone groups is 1. The van der Waals surface area contributed by atoms with E-state index in [1.54, 1.807) is 6.07 Å². The predicted octanol–water partition coefficient (Wildman–Crippen LogP) is 2.98. The van der Waals surface area contributed by atoms with Crippen molar-refractivity contribution in [3.8, 4) is 0 Å². The van der Waals surface area contributed by atoms with Crippen LogP contribution in [0.15, 0.2) is 47.6 Å². The van der Waals surface area contributed by atoms with E-state index in [4.69, 9.17) is 0 Å². The second-order valence-electron chi connectivity index (χ2n) is 4.82. The van der Waals surface area contributed by atoms with Crippen LogP contribution in [0.25, 0.3) is 0 Å². The molecule has 0 heterocycles. The summed E-state index contributed by atoms with van der Waals surface area (Å²) in [5.74, 6) is -0.618. The van der Waals surface area contributed by atoms with Crippen molar-refractivity contribution >= 4 is 17.8 Å². The summed E-state index contributed by atoms with van der Waals surface area (Å²) in [6.07, 6.45) is 1.50. The monoisotopic (exact) mass is 297 g/mol. The van der Waals surface area contributed by atoms with E-state index in [0.29, 0.717) is 0 Å². The van der Waals surface area contributed by atoms with E-state index in [-0.39, 0.29) is 11.3 Å². The van der Waals surface area contributed by atoms with Gasteiger partial charge in [0.15, 0.2) is 0 Å². The summed E-state index contributed by atoms with van der Waals surface area (Å²) in [6.45, 7) is 3.99.